The zero-order chi connectivity index (χ0) is 24.4. The minimum Gasteiger partial charge on any atom is 0 e. The van der Waals surface area contributed by atoms with E-state index >= 15 is 0 Å². The van der Waals surface area contributed by atoms with Crippen molar-refractivity contribution < 1.29 is 111 Å². The zero-order valence-electron chi connectivity index (χ0n) is 11.4. The SMILES string of the molecule is F[B-](F)(F)F.F[B-](F)(F)F.F[B-](F)(F)F.F[B-](F)(F)F.F[P-](F)(F)(F)(F)F.[Cu]. The average molecular weight is 556 g/mol. The second kappa shape index (κ2) is 11.8. The van der Waals surface area contributed by atoms with E-state index < -0.39 is 36.8 Å². The molecular formula is B4CuF22P-5. The molecule has 0 bridgehead atoms. The molecule has 1 radical (unpaired) electrons. The van der Waals surface area contributed by atoms with Crippen LogP contribution in [0.4, 0.5) is 94.2 Å². The molecule has 0 aliphatic carbocycles. The Morgan fingerprint density at radius 3 is 0.286 bits per heavy atom. The number of hydrogen-bond acceptors (Lipinski definition) is 0. The molecule has 28 heteroatoms. The Hall–Kier alpha value is -0.331. The Morgan fingerprint density at radius 2 is 0.286 bits per heavy atom. The van der Waals surface area contributed by atoms with Crippen LogP contribution in [0.2, 0.25) is 0 Å². The van der Waals surface area contributed by atoms with Gasteiger partial charge < -0.3 is 69.1 Å². The van der Waals surface area contributed by atoms with Gasteiger partial charge in [0.2, 0.25) is 0 Å². The molecule has 0 aromatic rings. The van der Waals surface area contributed by atoms with Gasteiger partial charge in [-0.3, -0.25) is 0 Å². The molecule has 0 spiro atoms. The van der Waals surface area contributed by atoms with Crippen molar-refractivity contribution in [3.05, 3.63) is 0 Å². The maximum Gasteiger partial charge on any atom is 0 e. The first-order valence-corrected chi connectivity index (χ1v) is 6.53. The summed E-state index contributed by atoms with van der Waals surface area (Å²) < 4.78 is 215. The molecule has 0 aliphatic heterocycles. The first-order valence-electron chi connectivity index (χ1n) is 4.51. The average Bonchev–Trinajstić information content (AvgIpc) is 1.75. The van der Waals surface area contributed by atoms with Gasteiger partial charge in [-0.15, -0.1) is 0 Å². The molecule has 0 amide bonds. The molecule has 0 rings (SSSR count). The molecule has 0 heterocycles. The number of hydrogen-bond donors (Lipinski definition) is 0. The second-order valence-electron chi connectivity index (χ2n) is 2.94. The van der Waals surface area contributed by atoms with Crippen LogP contribution in [-0.4, -0.2) is 29.0 Å². The maximum atomic E-state index is 9.87. The molecule has 28 heavy (non-hydrogen) atoms. The molecule has 0 nitrogen and oxygen atoms in total. The fraction of sp³-hybridized carbons (Fsp3) is 0. The summed E-state index contributed by atoms with van der Waals surface area (Å²) in [6.45, 7) is 0. The summed E-state index contributed by atoms with van der Waals surface area (Å²) in [6.07, 6.45) is 0. The third-order valence-electron chi connectivity index (χ3n) is 0. The monoisotopic (exact) mass is 556 g/mol. The van der Waals surface area contributed by atoms with Gasteiger partial charge in [-0.25, -0.2) is 0 Å². The number of rotatable bonds is 0. The summed E-state index contributed by atoms with van der Waals surface area (Å²) in [5.41, 5.74) is 0. The normalized spacial score (nSPS) is 14.4. The van der Waals surface area contributed by atoms with Crippen LogP contribution in [0.25, 0.3) is 0 Å². The molecule has 0 saturated heterocycles. The first kappa shape index (κ1) is 41.9. The predicted octanol–water partition coefficient (Wildman–Crippen LogP) is 8.58. The summed E-state index contributed by atoms with van der Waals surface area (Å²) in [5, 5.41) is 0. The van der Waals surface area contributed by atoms with Crippen molar-refractivity contribution in [2.24, 2.45) is 0 Å². The standard InChI is InChI=1S/4BF4.Cu.F6P/c4*2-1(3,4)5;;1-7(2,3,4,5)6/q4*-1;;-1. The Labute approximate surface area is 149 Å². The van der Waals surface area contributed by atoms with E-state index in [2.05, 4.69) is 0 Å². The predicted molar refractivity (Wildman–Crippen MR) is 54.3 cm³/mol. The van der Waals surface area contributed by atoms with Gasteiger partial charge in [-0.1, -0.05) is 0 Å². The van der Waals surface area contributed by atoms with E-state index in [-0.39, 0.29) is 17.1 Å². The summed E-state index contributed by atoms with van der Waals surface area (Å²) in [5.74, 6) is 0. The van der Waals surface area contributed by atoms with E-state index in [1.54, 1.807) is 0 Å². The third-order valence-corrected chi connectivity index (χ3v) is 0. The van der Waals surface area contributed by atoms with Gasteiger partial charge in [-0.2, -0.15) is 0 Å². The second-order valence-corrected chi connectivity index (χ2v) is 4.85. The van der Waals surface area contributed by atoms with Gasteiger partial charge in [0.15, 0.2) is 0 Å². The van der Waals surface area contributed by atoms with Gasteiger partial charge >= 0.3 is 62.0 Å². The van der Waals surface area contributed by atoms with E-state index in [1.807, 2.05) is 0 Å². The van der Waals surface area contributed by atoms with Crippen LogP contribution in [0, 0.1) is 0 Å². The van der Waals surface area contributed by atoms with E-state index in [9.17, 15) is 94.2 Å². The van der Waals surface area contributed by atoms with Gasteiger partial charge in [0.25, 0.3) is 0 Å². The zero-order valence-corrected chi connectivity index (χ0v) is 13.2. The van der Waals surface area contributed by atoms with Crippen LogP contribution in [0.15, 0.2) is 0 Å². The topological polar surface area (TPSA) is 0 Å². The molecular weight excluding hydrogens is 556 g/mol. The van der Waals surface area contributed by atoms with E-state index in [0.717, 1.165) is 0 Å². The molecule has 0 unspecified atom stereocenters. The van der Waals surface area contributed by atoms with Gasteiger partial charge in [0.05, 0.1) is 0 Å². The third kappa shape index (κ3) is 143000. The van der Waals surface area contributed by atoms with Crippen molar-refractivity contribution in [1.29, 1.82) is 0 Å². The largest absolute Gasteiger partial charge is 0 e. The minimum atomic E-state index is -10.7. The van der Waals surface area contributed by atoms with Crippen LogP contribution >= 0.6 is 7.81 Å². The Balaban J connectivity index is -0.0000000540. The Kier molecular flexibility index (Phi) is 17.6. The van der Waals surface area contributed by atoms with Crippen molar-refractivity contribution >= 4 is 36.8 Å². The van der Waals surface area contributed by atoms with E-state index in [4.69, 9.17) is 0 Å². The van der Waals surface area contributed by atoms with Crippen LogP contribution in [0.3, 0.4) is 0 Å². The molecule has 0 aliphatic rings. The van der Waals surface area contributed by atoms with Crippen molar-refractivity contribution in [3.8, 4) is 0 Å². The van der Waals surface area contributed by atoms with Crippen molar-refractivity contribution in [1.82, 2.24) is 0 Å². The van der Waals surface area contributed by atoms with E-state index in [1.165, 1.54) is 0 Å². The smallest absolute Gasteiger partial charge is 0 e. The molecule has 0 atom stereocenters. The van der Waals surface area contributed by atoms with Crippen LogP contribution in [0.5, 0.6) is 0 Å². The van der Waals surface area contributed by atoms with Gasteiger partial charge in [0, 0.05) is 17.1 Å². The molecule has 0 N–H and O–H groups in total. The molecule has 0 aromatic carbocycles. The van der Waals surface area contributed by atoms with Gasteiger partial charge in [-0.05, 0) is 0 Å². The maximum absolute atomic E-state index is 10.7. The van der Waals surface area contributed by atoms with Crippen LogP contribution < -0.4 is 0 Å². The number of halogens is 22. The van der Waals surface area contributed by atoms with E-state index in [0.29, 0.717) is 0 Å². The fourth-order valence-electron chi connectivity index (χ4n) is 0. The van der Waals surface area contributed by atoms with Crippen molar-refractivity contribution in [2.75, 3.05) is 0 Å². The molecule has 0 fully saturated rings. The minimum absolute atomic E-state index is 0. The van der Waals surface area contributed by atoms with Crippen molar-refractivity contribution in [3.63, 3.8) is 0 Å². The van der Waals surface area contributed by atoms with Gasteiger partial charge in [0.1, 0.15) is 0 Å². The molecule has 187 valence electrons. The first-order chi connectivity index (χ1) is 10.4. The molecule has 0 aromatic heterocycles. The Morgan fingerprint density at radius 1 is 0.286 bits per heavy atom. The summed E-state index contributed by atoms with van der Waals surface area (Å²) in [7, 11) is -34.7. The van der Waals surface area contributed by atoms with Crippen molar-refractivity contribution in [2.45, 2.75) is 0 Å². The Bertz CT molecular complexity index is 272. The fourth-order valence-corrected chi connectivity index (χ4v) is 0. The summed E-state index contributed by atoms with van der Waals surface area (Å²) in [4.78, 5) is 0. The quantitative estimate of drug-likeness (QED) is 0.160. The van der Waals surface area contributed by atoms with Crippen LogP contribution in [-0.2, 0) is 17.1 Å². The molecule has 0 saturated carbocycles. The summed E-state index contributed by atoms with van der Waals surface area (Å²) >= 11 is 0. The van der Waals surface area contributed by atoms with Crippen LogP contribution in [0.1, 0.15) is 0 Å². The summed E-state index contributed by atoms with van der Waals surface area (Å²) in [6, 6.07) is 0.